The van der Waals surface area contributed by atoms with E-state index in [-0.39, 0.29) is 11.3 Å². The number of carbonyl (C=O) groups excluding carboxylic acids is 2. The van der Waals surface area contributed by atoms with Crippen LogP contribution >= 0.6 is 0 Å². The van der Waals surface area contributed by atoms with Gasteiger partial charge in [-0.15, -0.1) is 0 Å². The molecule has 0 aliphatic carbocycles. The Hall–Kier alpha value is -3.78. The van der Waals surface area contributed by atoms with Gasteiger partial charge in [-0.3, -0.25) is 9.59 Å². The zero-order valence-corrected chi connectivity index (χ0v) is 20.4. The molecule has 2 aromatic carbocycles. The molecule has 0 spiro atoms. The number of aliphatic hydroxyl groups excluding tert-OH is 1. The van der Waals surface area contributed by atoms with Crippen molar-refractivity contribution in [1.82, 2.24) is 9.80 Å². The van der Waals surface area contributed by atoms with Crippen LogP contribution in [-0.4, -0.2) is 67.0 Å². The Morgan fingerprint density at radius 2 is 1.83 bits per heavy atom. The van der Waals surface area contributed by atoms with Crippen molar-refractivity contribution in [3.8, 4) is 11.5 Å². The molecule has 0 bridgehead atoms. The van der Waals surface area contributed by atoms with Gasteiger partial charge in [0, 0.05) is 30.1 Å². The lowest BCUT2D eigenvalue weighted by molar-refractivity contribution is -0.129. The molecular formula is C27H30N2O6. The summed E-state index contributed by atoms with van der Waals surface area (Å²) < 4.78 is 16.7. The largest absolute Gasteiger partial charge is 0.503 e. The number of likely N-dealkylation sites (N-methyl/N-ethyl adjacent to an activating group) is 1. The topological polar surface area (TPSA) is 92.5 Å². The summed E-state index contributed by atoms with van der Waals surface area (Å²) in [5.74, 6) is -0.635. The molecule has 3 aromatic rings. The van der Waals surface area contributed by atoms with Crippen LogP contribution in [0.15, 0.2) is 64.3 Å². The van der Waals surface area contributed by atoms with Gasteiger partial charge in [-0.1, -0.05) is 32.0 Å². The molecule has 1 aromatic heterocycles. The molecule has 0 saturated carbocycles. The number of nitrogens with zero attached hydrogens (tertiary/aromatic N) is 2. The minimum absolute atomic E-state index is 0.0305. The van der Waals surface area contributed by atoms with E-state index < -0.39 is 23.5 Å². The van der Waals surface area contributed by atoms with E-state index in [1.54, 1.807) is 37.4 Å². The quantitative estimate of drug-likeness (QED) is 0.433. The van der Waals surface area contributed by atoms with E-state index in [2.05, 4.69) is 4.90 Å². The summed E-state index contributed by atoms with van der Waals surface area (Å²) in [6, 6.07) is 13.2. The van der Waals surface area contributed by atoms with Crippen molar-refractivity contribution in [2.45, 2.75) is 19.9 Å². The monoisotopic (exact) mass is 478 g/mol. The first-order chi connectivity index (χ1) is 16.9. The Bertz CT molecular complexity index is 1240. The molecule has 1 N–H and O–H groups in total. The first-order valence-electron chi connectivity index (χ1n) is 11.6. The van der Waals surface area contributed by atoms with Gasteiger partial charge in [0.1, 0.15) is 17.1 Å². The number of fused-ring (bicyclic) bond motifs is 1. The highest BCUT2D eigenvalue weighted by molar-refractivity contribution is 6.16. The van der Waals surface area contributed by atoms with Crippen molar-refractivity contribution in [3.05, 3.63) is 71.2 Å². The van der Waals surface area contributed by atoms with Gasteiger partial charge in [0.2, 0.25) is 5.78 Å². The van der Waals surface area contributed by atoms with Crippen molar-refractivity contribution in [1.29, 1.82) is 0 Å². The van der Waals surface area contributed by atoms with E-state index in [0.717, 1.165) is 18.5 Å². The highest BCUT2D eigenvalue weighted by Crippen LogP contribution is 2.43. The summed E-state index contributed by atoms with van der Waals surface area (Å²) in [4.78, 5) is 30.7. The molecule has 0 fully saturated rings. The zero-order chi connectivity index (χ0) is 25.1. The lowest BCUT2D eigenvalue weighted by atomic mass is 9.94. The number of amides is 1. The number of aliphatic hydroxyl groups is 1. The lowest BCUT2D eigenvalue weighted by Gasteiger charge is -2.30. The van der Waals surface area contributed by atoms with Crippen molar-refractivity contribution in [3.63, 3.8) is 0 Å². The molecular weight excluding hydrogens is 448 g/mol. The van der Waals surface area contributed by atoms with Gasteiger partial charge in [-0.05, 0) is 37.4 Å². The van der Waals surface area contributed by atoms with Crippen LogP contribution in [0, 0.1) is 0 Å². The molecule has 1 unspecified atom stereocenters. The van der Waals surface area contributed by atoms with Gasteiger partial charge in [-0.2, -0.15) is 0 Å². The van der Waals surface area contributed by atoms with Crippen molar-refractivity contribution in [2.75, 3.05) is 40.4 Å². The number of ether oxygens (including phenoxy) is 2. The molecule has 8 nitrogen and oxygen atoms in total. The number of rotatable bonds is 10. The molecule has 1 atom stereocenters. The van der Waals surface area contributed by atoms with E-state index in [9.17, 15) is 14.7 Å². The van der Waals surface area contributed by atoms with Crippen LogP contribution in [0.4, 0.5) is 0 Å². The Morgan fingerprint density at radius 1 is 1.09 bits per heavy atom. The van der Waals surface area contributed by atoms with Crippen LogP contribution < -0.4 is 9.47 Å². The first-order valence-corrected chi connectivity index (χ1v) is 11.6. The highest BCUT2D eigenvalue weighted by Gasteiger charge is 2.45. The van der Waals surface area contributed by atoms with Gasteiger partial charge in [-0.25, -0.2) is 0 Å². The van der Waals surface area contributed by atoms with E-state index in [1.807, 2.05) is 32.0 Å². The van der Waals surface area contributed by atoms with Crippen LogP contribution in [0.5, 0.6) is 11.5 Å². The molecule has 0 radical (unpaired) electrons. The Kier molecular flexibility index (Phi) is 7.12. The second-order valence-electron chi connectivity index (χ2n) is 8.28. The molecule has 0 saturated heterocycles. The standard InChI is InChI=1S/C27H30N2O6/c1-5-28(6-2)13-14-29-24(19-12-11-18(33-3)16-21(19)34-4)23(26(31)27(29)32)25(30)22-15-17-9-7-8-10-20(17)35-22/h7-12,15-16,24,31H,5-6,13-14H2,1-4H3. The van der Waals surface area contributed by atoms with E-state index in [4.69, 9.17) is 13.9 Å². The number of ketones is 1. The Labute approximate surface area is 204 Å². The summed E-state index contributed by atoms with van der Waals surface area (Å²) in [6.45, 7) is 6.64. The number of methoxy groups -OCH3 is 2. The van der Waals surface area contributed by atoms with Crippen LogP contribution in [0.2, 0.25) is 0 Å². The van der Waals surface area contributed by atoms with Gasteiger partial charge in [0.15, 0.2) is 11.5 Å². The molecule has 1 aliphatic heterocycles. The van der Waals surface area contributed by atoms with Gasteiger partial charge in [0.05, 0.1) is 25.8 Å². The SMILES string of the molecule is CCN(CC)CCN1C(=O)C(O)=C(C(=O)c2cc3ccccc3o2)C1c1ccc(OC)cc1OC. The highest BCUT2D eigenvalue weighted by atomic mass is 16.5. The van der Waals surface area contributed by atoms with Crippen LogP contribution in [-0.2, 0) is 4.79 Å². The predicted molar refractivity (Wildman–Crippen MR) is 132 cm³/mol. The first kappa shape index (κ1) is 24.3. The maximum atomic E-state index is 13.7. The molecule has 1 amide bonds. The Balaban J connectivity index is 1.81. The van der Waals surface area contributed by atoms with Gasteiger partial charge in [0.25, 0.3) is 5.91 Å². The lowest BCUT2D eigenvalue weighted by Crippen LogP contribution is -2.38. The van der Waals surface area contributed by atoms with Crippen molar-refractivity contribution >= 4 is 22.7 Å². The fourth-order valence-corrected chi connectivity index (χ4v) is 4.50. The number of carbonyl (C=O) groups is 2. The molecule has 2 heterocycles. The number of Topliss-reactive ketones (excluding diaryl/α,β-unsaturated/α-hetero) is 1. The maximum Gasteiger partial charge on any atom is 0.290 e. The number of hydrogen-bond donors (Lipinski definition) is 1. The molecule has 35 heavy (non-hydrogen) atoms. The third-order valence-electron chi connectivity index (χ3n) is 6.48. The summed E-state index contributed by atoms with van der Waals surface area (Å²) >= 11 is 0. The molecule has 184 valence electrons. The summed E-state index contributed by atoms with van der Waals surface area (Å²) in [7, 11) is 3.06. The van der Waals surface area contributed by atoms with E-state index in [0.29, 0.717) is 35.7 Å². The third-order valence-corrected chi connectivity index (χ3v) is 6.48. The average Bonchev–Trinajstić information content (AvgIpc) is 3.43. The molecule has 8 heteroatoms. The van der Waals surface area contributed by atoms with E-state index >= 15 is 0 Å². The maximum absolute atomic E-state index is 13.7. The summed E-state index contributed by atoms with van der Waals surface area (Å²) in [5, 5.41) is 11.7. The second kappa shape index (κ2) is 10.2. The number of benzene rings is 2. The molecule has 1 aliphatic rings. The fraction of sp³-hybridized carbons (Fsp3) is 0.333. The fourth-order valence-electron chi connectivity index (χ4n) is 4.50. The van der Waals surface area contributed by atoms with Crippen molar-refractivity contribution < 1.29 is 28.6 Å². The Morgan fingerprint density at radius 3 is 2.49 bits per heavy atom. The van der Waals surface area contributed by atoms with Gasteiger partial charge >= 0.3 is 0 Å². The average molecular weight is 479 g/mol. The second-order valence-corrected chi connectivity index (χ2v) is 8.28. The summed E-state index contributed by atoms with van der Waals surface area (Å²) in [5.41, 5.74) is 1.10. The molecule has 4 rings (SSSR count). The minimum Gasteiger partial charge on any atom is -0.503 e. The third kappa shape index (κ3) is 4.49. The number of hydrogen-bond acceptors (Lipinski definition) is 7. The van der Waals surface area contributed by atoms with Crippen LogP contribution in [0.1, 0.15) is 36.0 Å². The van der Waals surface area contributed by atoms with Crippen LogP contribution in [0.25, 0.3) is 11.0 Å². The number of para-hydroxylation sites is 1. The van der Waals surface area contributed by atoms with Crippen LogP contribution in [0.3, 0.4) is 0 Å². The number of furan rings is 1. The minimum atomic E-state index is -0.848. The smallest absolute Gasteiger partial charge is 0.290 e. The summed E-state index contributed by atoms with van der Waals surface area (Å²) in [6.07, 6.45) is 0. The predicted octanol–water partition coefficient (Wildman–Crippen LogP) is 4.37. The van der Waals surface area contributed by atoms with Crippen molar-refractivity contribution in [2.24, 2.45) is 0 Å². The van der Waals surface area contributed by atoms with E-state index in [1.165, 1.54) is 12.0 Å². The normalized spacial score (nSPS) is 16.0. The van der Waals surface area contributed by atoms with Gasteiger partial charge < -0.3 is 28.8 Å². The zero-order valence-electron chi connectivity index (χ0n) is 20.4.